The van der Waals surface area contributed by atoms with Crippen LogP contribution in [0.2, 0.25) is 0 Å². The molecule has 0 unspecified atom stereocenters. The number of aliphatic hydroxyl groups excluding tert-OH is 2. The van der Waals surface area contributed by atoms with E-state index in [-0.39, 0.29) is 35.8 Å². The molecule has 6 rings (SSSR count). The van der Waals surface area contributed by atoms with Crippen molar-refractivity contribution in [2.75, 3.05) is 53.5 Å². The maximum atomic E-state index is 13.3. The standard InChI is InChI=1S/2C25H34FN3O2.C5H8O5/c2*1-19(2)18-31-24-10-6-20(7-11-24)16-27-25(30)29(23-12-14-28(3)15-13-23)17-21-4-8-22(26)9-5-21;1-2(6)3(7)4(8)5(9)10/h2*4-11,19,23H,12-18H2,1-3H3,(H,27,30);3-4,7-8H,1H3,(H,9,10)/t;;3-,4+/m..0/s1. The minimum atomic E-state index is -2.02. The molecule has 2 fully saturated rings. The number of nitrogens with zero attached hydrogens (tertiary/aromatic N) is 4. The smallest absolute Gasteiger partial charge is 0.335 e. The van der Waals surface area contributed by atoms with E-state index < -0.39 is 24.0 Å². The van der Waals surface area contributed by atoms with E-state index in [9.17, 15) is 28.0 Å². The average Bonchev–Trinajstić information content (AvgIpc) is 3.36. The highest BCUT2D eigenvalue weighted by atomic mass is 19.1. The number of aliphatic carboxylic acids is 1. The molecule has 17 heteroatoms. The fourth-order valence-corrected chi connectivity index (χ4v) is 7.77. The van der Waals surface area contributed by atoms with E-state index >= 15 is 0 Å². The fourth-order valence-electron chi connectivity index (χ4n) is 7.77. The number of halogens is 2. The Morgan fingerprint density at radius 3 is 1.17 bits per heavy atom. The van der Waals surface area contributed by atoms with Crippen molar-refractivity contribution in [2.45, 2.75) is 111 Å². The summed E-state index contributed by atoms with van der Waals surface area (Å²) in [5, 5.41) is 31.3. The van der Waals surface area contributed by atoms with Crippen molar-refractivity contribution in [1.29, 1.82) is 0 Å². The van der Waals surface area contributed by atoms with Gasteiger partial charge in [-0.25, -0.2) is 23.2 Å². The molecular formula is C55H76F2N6O9. The van der Waals surface area contributed by atoms with Gasteiger partial charge in [-0.3, -0.25) is 4.79 Å². The summed E-state index contributed by atoms with van der Waals surface area (Å²) in [5.41, 5.74) is 3.91. The summed E-state index contributed by atoms with van der Waals surface area (Å²) in [6.45, 7) is 16.6. The Morgan fingerprint density at radius 1 is 0.569 bits per heavy atom. The summed E-state index contributed by atoms with van der Waals surface area (Å²) in [6.07, 6.45) is -0.0880. The molecule has 2 aliphatic rings. The van der Waals surface area contributed by atoms with E-state index in [4.69, 9.17) is 24.8 Å². The van der Waals surface area contributed by atoms with Crippen LogP contribution in [0.3, 0.4) is 0 Å². The maximum absolute atomic E-state index is 13.3. The van der Waals surface area contributed by atoms with Crippen molar-refractivity contribution in [1.82, 2.24) is 30.2 Å². The molecule has 0 saturated carbocycles. The molecule has 2 heterocycles. The van der Waals surface area contributed by atoms with Crippen molar-refractivity contribution in [2.24, 2.45) is 11.8 Å². The van der Waals surface area contributed by atoms with Crippen LogP contribution in [0.25, 0.3) is 0 Å². The molecule has 0 spiro atoms. The van der Waals surface area contributed by atoms with Crippen LogP contribution < -0.4 is 20.1 Å². The van der Waals surface area contributed by atoms with Gasteiger partial charge in [0, 0.05) is 38.3 Å². The van der Waals surface area contributed by atoms with Crippen molar-refractivity contribution < 1.29 is 52.8 Å². The Balaban J connectivity index is 0.000000263. The second-order valence-electron chi connectivity index (χ2n) is 19.4. The number of hydrogen-bond donors (Lipinski definition) is 5. The van der Waals surface area contributed by atoms with Gasteiger partial charge in [0.1, 0.15) is 29.2 Å². The van der Waals surface area contributed by atoms with Crippen LogP contribution in [0.4, 0.5) is 18.4 Å². The number of Topliss-reactive ketones (excluding diaryl/α,β-unsaturated/α-hetero) is 1. The van der Waals surface area contributed by atoms with Crippen LogP contribution in [0.1, 0.15) is 82.6 Å². The lowest BCUT2D eigenvalue weighted by Crippen LogP contribution is -2.49. The van der Waals surface area contributed by atoms with E-state index in [0.717, 1.165) is 92.5 Å². The third-order valence-electron chi connectivity index (χ3n) is 12.2. The number of carboxylic acid groups (broad SMARTS) is 1. The Hall–Kier alpha value is -6.14. The number of ether oxygens (including phenoxy) is 2. The zero-order valence-electron chi connectivity index (χ0n) is 42.9. The van der Waals surface area contributed by atoms with Gasteiger partial charge in [-0.15, -0.1) is 0 Å². The van der Waals surface area contributed by atoms with Gasteiger partial charge in [-0.1, -0.05) is 76.2 Å². The number of likely N-dealkylation sites (tertiary alicyclic amines) is 2. The van der Waals surface area contributed by atoms with Crippen molar-refractivity contribution >= 4 is 23.8 Å². The first-order valence-electron chi connectivity index (χ1n) is 24.8. The number of ketones is 1. The number of hydrogen-bond acceptors (Lipinski definition) is 10. The lowest BCUT2D eigenvalue weighted by Gasteiger charge is -2.37. The second kappa shape index (κ2) is 30.0. The predicted octanol–water partition coefficient (Wildman–Crippen LogP) is 7.71. The van der Waals surface area contributed by atoms with Gasteiger partial charge in [-0.05, 0) is 156 Å². The van der Waals surface area contributed by atoms with Crippen LogP contribution >= 0.6 is 0 Å². The normalized spacial score (nSPS) is 15.2. The van der Waals surface area contributed by atoms with Crippen LogP contribution in [-0.2, 0) is 35.8 Å². The molecule has 394 valence electrons. The summed E-state index contributed by atoms with van der Waals surface area (Å²) in [6, 6.07) is 28.7. The molecule has 5 N–H and O–H groups in total. The third-order valence-corrected chi connectivity index (χ3v) is 12.2. The number of nitrogens with one attached hydrogen (secondary N) is 2. The zero-order valence-corrected chi connectivity index (χ0v) is 42.9. The van der Waals surface area contributed by atoms with Crippen LogP contribution in [0.15, 0.2) is 97.1 Å². The van der Waals surface area contributed by atoms with Gasteiger partial charge in [0.15, 0.2) is 11.9 Å². The lowest BCUT2D eigenvalue weighted by molar-refractivity contribution is -0.156. The number of carbonyl (C=O) groups excluding carboxylic acids is 3. The zero-order chi connectivity index (χ0) is 52.7. The maximum Gasteiger partial charge on any atom is 0.335 e. The largest absolute Gasteiger partial charge is 0.493 e. The van der Waals surface area contributed by atoms with Crippen LogP contribution in [-0.4, -0.2) is 137 Å². The number of aliphatic hydroxyl groups is 2. The molecule has 0 bridgehead atoms. The van der Waals surface area contributed by atoms with Crippen molar-refractivity contribution in [3.05, 3.63) is 131 Å². The molecule has 0 aliphatic carbocycles. The van der Waals surface area contributed by atoms with Gasteiger partial charge >= 0.3 is 18.0 Å². The number of rotatable bonds is 19. The first-order chi connectivity index (χ1) is 34.3. The molecule has 15 nitrogen and oxygen atoms in total. The van der Waals surface area contributed by atoms with Crippen LogP contribution in [0, 0.1) is 23.5 Å². The molecular weight excluding hydrogens is 927 g/mol. The molecule has 0 radical (unpaired) electrons. The molecule has 4 aromatic rings. The number of urea groups is 2. The first kappa shape index (κ1) is 58.4. The molecule has 72 heavy (non-hydrogen) atoms. The summed E-state index contributed by atoms with van der Waals surface area (Å²) >= 11 is 0. The summed E-state index contributed by atoms with van der Waals surface area (Å²) in [4.78, 5) is 54.7. The number of piperidine rings is 2. The van der Waals surface area contributed by atoms with E-state index in [0.29, 0.717) is 51.2 Å². The lowest BCUT2D eigenvalue weighted by atomic mass is 10.0. The van der Waals surface area contributed by atoms with Gasteiger partial charge in [0.25, 0.3) is 0 Å². The van der Waals surface area contributed by atoms with E-state index in [2.05, 4.69) is 62.2 Å². The SMILES string of the molecule is CC(=O)[C@H](O)[C@@H](O)C(=O)O.CC(C)COc1ccc(CNC(=O)N(Cc2ccc(F)cc2)C2CCN(C)CC2)cc1.CC(C)COc1ccc(CNC(=O)N(Cc2ccc(F)cc2)C2CCN(C)CC2)cc1. The molecule has 4 amide bonds. The van der Waals surface area contributed by atoms with Gasteiger partial charge in [-0.2, -0.15) is 0 Å². The molecule has 2 aliphatic heterocycles. The number of benzene rings is 4. The summed E-state index contributed by atoms with van der Waals surface area (Å²) in [5.74, 6) is -0.269. The minimum absolute atomic E-state index is 0.0842. The Labute approximate surface area is 424 Å². The highest BCUT2D eigenvalue weighted by Gasteiger charge is 2.29. The van der Waals surface area contributed by atoms with Crippen LogP contribution in [0.5, 0.6) is 11.5 Å². The number of carbonyl (C=O) groups is 4. The van der Waals surface area contributed by atoms with E-state index in [1.54, 1.807) is 24.3 Å². The first-order valence-corrected chi connectivity index (χ1v) is 24.8. The van der Waals surface area contributed by atoms with Crippen molar-refractivity contribution in [3.63, 3.8) is 0 Å². The Bertz CT molecular complexity index is 2080. The number of amides is 4. The van der Waals surface area contributed by atoms with Crippen molar-refractivity contribution in [3.8, 4) is 11.5 Å². The fraction of sp³-hybridized carbons (Fsp3) is 0.491. The highest BCUT2D eigenvalue weighted by molar-refractivity contribution is 5.87. The van der Waals surface area contributed by atoms with Gasteiger partial charge in [0.05, 0.1) is 13.2 Å². The van der Waals surface area contributed by atoms with Gasteiger partial charge < -0.3 is 55.0 Å². The predicted molar refractivity (Wildman–Crippen MR) is 273 cm³/mol. The second-order valence-corrected chi connectivity index (χ2v) is 19.4. The monoisotopic (exact) mass is 1000 g/mol. The molecule has 0 aromatic heterocycles. The third kappa shape index (κ3) is 20.9. The quantitative estimate of drug-likeness (QED) is 0.0620. The molecule has 4 aromatic carbocycles. The Morgan fingerprint density at radius 2 is 0.889 bits per heavy atom. The minimum Gasteiger partial charge on any atom is -0.493 e. The van der Waals surface area contributed by atoms with Gasteiger partial charge in [0.2, 0.25) is 0 Å². The highest BCUT2D eigenvalue weighted by Crippen LogP contribution is 2.22. The Kier molecular flexibility index (Phi) is 24.4. The van der Waals surface area contributed by atoms with E-state index in [1.165, 1.54) is 24.3 Å². The number of carboxylic acids is 1. The summed E-state index contributed by atoms with van der Waals surface area (Å²) < 4.78 is 38.0. The topological polar surface area (TPSA) is 184 Å². The average molecular weight is 1000 g/mol. The molecule has 2 atom stereocenters. The van der Waals surface area contributed by atoms with E-state index in [1.807, 2.05) is 58.3 Å². The molecule has 2 saturated heterocycles. The summed E-state index contributed by atoms with van der Waals surface area (Å²) in [7, 11) is 4.21.